The second-order valence-electron chi connectivity index (χ2n) is 8.82. The maximum atomic E-state index is 10.8. The predicted octanol–water partition coefficient (Wildman–Crippen LogP) is 2.44. The summed E-state index contributed by atoms with van der Waals surface area (Å²) < 4.78 is 0. The summed E-state index contributed by atoms with van der Waals surface area (Å²) in [6.45, 7) is 7.21. The molecule has 1 aliphatic carbocycles. The fourth-order valence-electron chi connectivity index (χ4n) is 5.26. The zero-order chi connectivity index (χ0) is 19.1. The van der Waals surface area contributed by atoms with Crippen LogP contribution in [0.15, 0.2) is 42.5 Å². The number of benzene rings is 2. The number of fused-ring (bicyclic) bond motifs is 3. The first-order chi connectivity index (χ1) is 13.7. The van der Waals surface area contributed by atoms with Gasteiger partial charge < -0.3 is 10.0 Å². The van der Waals surface area contributed by atoms with Crippen molar-refractivity contribution in [2.75, 3.05) is 46.3 Å². The molecule has 0 radical (unpaired) electrons. The van der Waals surface area contributed by atoms with Crippen molar-refractivity contribution in [2.24, 2.45) is 0 Å². The molecule has 2 heterocycles. The SMILES string of the molecule is CN1CCN(C2CCN(Cc3ccc4c(c3)Cc3ccccc3-4)CC2O)CC1. The van der Waals surface area contributed by atoms with E-state index in [2.05, 4.69) is 64.2 Å². The van der Waals surface area contributed by atoms with Gasteiger partial charge in [0.15, 0.2) is 0 Å². The number of likely N-dealkylation sites (tertiary alicyclic amines) is 1. The Morgan fingerprint density at radius 3 is 2.54 bits per heavy atom. The van der Waals surface area contributed by atoms with E-state index in [1.165, 1.54) is 27.8 Å². The summed E-state index contributed by atoms with van der Waals surface area (Å²) in [6.07, 6.45) is 1.88. The highest BCUT2D eigenvalue weighted by molar-refractivity contribution is 5.76. The molecule has 5 rings (SSSR count). The summed E-state index contributed by atoms with van der Waals surface area (Å²) in [5.41, 5.74) is 7.06. The highest BCUT2D eigenvalue weighted by Crippen LogP contribution is 2.37. The summed E-state index contributed by atoms with van der Waals surface area (Å²) in [6, 6.07) is 16.0. The lowest BCUT2D eigenvalue weighted by molar-refractivity contribution is -0.0286. The van der Waals surface area contributed by atoms with Crippen LogP contribution in [0.25, 0.3) is 11.1 Å². The van der Waals surface area contributed by atoms with E-state index in [4.69, 9.17) is 0 Å². The van der Waals surface area contributed by atoms with E-state index in [0.717, 1.165) is 58.7 Å². The van der Waals surface area contributed by atoms with Gasteiger partial charge in [0.25, 0.3) is 0 Å². The minimum atomic E-state index is -0.240. The number of hydrogen-bond acceptors (Lipinski definition) is 4. The zero-order valence-electron chi connectivity index (χ0n) is 16.8. The van der Waals surface area contributed by atoms with E-state index < -0.39 is 0 Å². The smallest absolute Gasteiger partial charge is 0.0822 e. The van der Waals surface area contributed by atoms with Gasteiger partial charge in [-0.2, -0.15) is 0 Å². The van der Waals surface area contributed by atoms with E-state index in [1.54, 1.807) is 0 Å². The molecule has 28 heavy (non-hydrogen) atoms. The van der Waals surface area contributed by atoms with Crippen LogP contribution in [0.3, 0.4) is 0 Å². The summed E-state index contributed by atoms with van der Waals surface area (Å²) in [7, 11) is 2.19. The lowest BCUT2D eigenvalue weighted by Gasteiger charge is -2.44. The molecule has 148 valence electrons. The number of likely N-dealkylation sites (N-methyl/N-ethyl adjacent to an activating group) is 1. The predicted molar refractivity (Wildman–Crippen MR) is 113 cm³/mol. The van der Waals surface area contributed by atoms with E-state index in [0.29, 0.717) is 6.04 Å². The summed E-state index contributed by atoms with van der Waals surface area (Å²) in [4.78, 5) is 7.32. The van der Waals surface area contributed by atoms with Crippen molar-refractivity contribution in [3.05, 3.63) is 59.2 Å². The quantitative estimate of drug-likeness (QED) is 0.759. The molecule has 0 bridgehead atoms. The Bertz CT molecular complexity index is 843. The fourth-order valence-corrected chi connectivity index (χ4v) is 5.26. The Labute approximate surface area is 168 Å². The van der Waals surface area contributed by atoms with Crippen LogP contribution in [-0.4, -0.2) is 78.3 Å². The molecular formula is C24H31N3O. The number of β-amino-alcohol motifs (C(OH)–C–C–N with tert-alkyl or cyclic N) is 1. The molecule has 0 spiro atoms. The van der Waals surface area contributed by atoms with Crippen LogP contribution in [0.5, 0.6) is 0 Å². The van der Waals surface area contributed by atoms with Crippen LogP contribution in [-0.2, 0) is 13.0 Å². The normalized spacial score (nSPS) is 26.2. The molecule has 3 aliphatic rings. The number of aliphatic hydroxyl groups excluding tert-OH is 1. The number of piperazine rings is 1. The molecule has 2 aliphatic heterocycles. The largest absolute Gasteiger partial charge is 0.390 e. The molecule has 2 aromatic rings. The Hall–Kier alpha value is -1.72. The summed E-state index contributed by atoms with van der Waals surface area (Å²) >= 11 is 0. The van der Waals surface area contributed by atoms with Crippen molar-refractivity contribution in [1.82, 2.24) is 14.7 Å². The van der Waals surface area contributed by atoms with Crippen molar-refractivity contribution in [3.63, 3.8) is 0 Å². The average molecular weight is 378 g/mol. The molecule has 2 aromatic carbocycles. The van der Waals surface area contributed by atoms with Crippen molar-refractivity contribution in [2.45, 2.75) is 31.5 Å². The van der Waals surface area contributed by atoms with Gasteiger partial charge in [-0.15, -0.1) is 0 Å². The molecule has 2 fully saturated rings. The van der Waals surface area contributed by atoms with Crippen molar-refractivity contribution in [1.29, 1.82) is 0 Å². The van der Waals surface area contributed by atoms with Crippen LogP contribution >= 0.6 is 0 Å². The molecule has 2 saturated heterocycles. The van der Waals surface area contributed by atoms with Gasteiger partial charge in [0.05, 0.1) is 6.10 Å². The maximum Gasteiger partial charge on any atom is 0.0822 e. The maximum absolute atomic E-state index is 10.8. The highest BCUT2D eigenvalue weighted by atomic mass is 16.3. The van der Waals surface area contributed by atoms with Gasteiger partial charge in [-0.1, -0.05) is 42.5 Å². The molecule has 4 nitrogen and oxygen atoms in total. The van der Waals surface area contributed by atoms with Crippen LogP contribution in [0.2, 0.25) is 0 Å². The molecule has 0 aromatic heterocycles. The summed E-state index contributed by atoms with van der Waals surface area (Å²) in [5, 5.41) is 10.8. The van der Waals surface area contributed by atoms with Crippen LogP contribution < -0.4 is 0 Å². The second kappa shape index (κ2) is 7.60. The van der Waals surface area contributed by atoms with E-state index >= 15 is 0 Å². The molecule has 1 N–H and O–H groups in total. The Kier molecular flexibility index (Phi) is 4.97. The van der Waals surface area contributed by atoms with Crippen LogP contribution in [0.4, 0.5) is 0 Å². The van der Waals surface area contributed by atoms with Gasteiger partial charge in [-0.3, -0.25) is 9.80 Å². The number of nitrogens with zero attached hydrogens (tertiary/aromatic N) is 3. The van der Waals surface area contributed by atoms with Gasteiger partial charge in [-0.05, 0) is 47.7 Å². The fraction of sp³-hybridized carbons (Fsp3) is 0.500. The molecule has 2 atom stereocenters. The standard InChI is InChI=1S/C24H31N3O/c1-25-10-12-27(13-11-25)23-8-9-26(17-24(23)28)16-18-6-7-22-20(14-18)15-19-4-2-3-5-21(19)22/h2-7,14,23-24,28H,8-13,15-17H2,1H3. The first-order valence-corrected chi connectivity index (χ1v) is 10.7. The van der Waals surface area contributed by atoms with Crippen molar-refractivity contribution < 1.29 is 5.11 Å². The first-order valence-electron chi connectivity index (χ1n) is 10.7. The van der Waals surface area contributed by atoms with Gasteiger partial charge in [0.2, 0.25) is 0 Å². The van der Waals surface area contributed by atoms with E-state index in [9.17, 15) is 5.11 Å². The van der Waals surface area contributed by atoms with Gasteiger partial charge in [-0.25, -0.2) is 0 Å². The third-order valence-electron chi connectivity index (χ3n) is 6.90. The second-order valence-corrected chi connectivity index (χ2v) is 8.82. The van der Waals surface area contributed by atoms with Crippen molar-refractivity contribution >= 4 is 0 Å². The van der Waals surface area contributed by atoms with Crippen molar-refractivity contribution in [3.8, 4) is 11.1 Å². The number of hydrogen-bond donors (Lipinski definition) is 1. The molecule has 2 unspecified atom stereocenters. The van der Waals surface area contributed by atoms with Gasteiger partial charge in [0, 0.05) is 51.9 Å². The average Bonchev–Trinajstić information content (AvgIpc) is 3.07. The molecular weight excluding hydrogens is 346 g/mol. The first kappa shape index (κ1) is 18.3. The Morgan fingerprint density at radius 2 is 1.71 bits per heavy atom. The number of piperidine rings is 1. The van der Waals surface area contributed by atoms with E-state index in [-0.39, 0.29) is 6.10 Å². The molecule has 0 amide bonds. The summed E-state index contributed by atoms with van der Waals surface area (Å²) in [5.74, 6) is 0. The zero-order valence-corrected chi connectivity index (χ0v) is 16.8. The Morgan fingerprint density at radius 1 is 0.929 bits per heavy atom. The minimum absolute atomic E-state index is 0.240. The van der Waals surface area contributed by atoms with Crippen LogP contribution in [0.1, 0.15) is 23.1 Å². The van der Waals surface area contributed by atoms with Crippen LogP contribution in [0, 0.1) is 0 Å². The van der Waals surface area contributed by atoms with Gasteiger partial charge in [0.1, 0.15) is 0 Å². The van der Waals surface area contributed by atoms with E-state index in [1.807, 2.05) is 0 Å². The highest BCUT2D eigenvalue weighted by Gasteiger charge is 2.33. The third kappa shape index (κ3) is 3.50. The topological polar surface area (TPSA) is 30.0 Å². The monoisotopic (exact) mass is 377 g/mol. The lowest BCUT2D eigenvalue weighted by atomic mass is 9.98. The van der Waals surface area contributed by atoms with Gasteiger partial charge >= 0.3 is 0 Å². The lowest BCUT2D eigenvalue weighted by Crippen LogP contribution is -2.58. The minimum Gasteiger partial charge on any atom is -0.390 e. The third-order valence-corrected chi connectivity index (χ3v) is 6.90. The number of rotatable bonds is 3. The molecule has 0 saturated carbocycles. The Balaban J connectivity index is 1.22. The molecule has 4 heteroatoms. The number of aliphatic hydroxyl groups is 1.